The van der Waals surface area contributed by atoms with Crippen LogP contribution in [-0.2, 0) is 0 Å². The highest BCUT2D eigenvalue weighted by molar-refractivity contribution is 5.84. The van der Waals surface area contributed by atoms with Gasteiger partial charge in [0, 0.05) is 25.5 Å². The van der Waals surface area contributed by atoms with Crippen molar-refractivity contribution in [1.29, 1.82) is 0 Å². The van der Waals surface area contributed by atoms with Crippen LogP contribution in [0.15, 0.2) is 18.6 Å². The summed E-state index contributed by atoms with van der Waals surface area (Å²) in [5.74, 6) is -0.204. The van der Waals surface area contributed by atoms with Gasteiger partial charge in [0.2, 0.25) is 0 Å². The van der Waals surface area contributed by atoms with Crippen LogP contribution in [-0.4, -0.2) is 49.1 Å². The summed E-state index contributed by atoms with van der Waals surface area (Å²) in [5, 5.41) is 16.2. The molecule has 98 valence electrons. The first-order chi connectivity index (χ1) is 9.15. The zero-order chi connectivity index (χ0) is 13.4. The monoisotopic (exact) mass is 260 g/mol. The van der Waals surface area contributed by atoms with Crippen LogP contribution in [0.1, 0.15) is 22.2 Å². The second-order valence-corrected chi connectivity index (χ2v) is 4.41. The van der Waals surface area contributed by atoms with Gasteiger partial charge < -0.3 is 10.0 Å². The summed E-state index contributed by atoms with van der Waals surface area (Å²) in [5.41, 5.74) is 0.847. The Labute approximate surface area is 108 Å². The van der Waals surface area contributed by atoms with Gasteiger partial charge in [-0.05, 0) is 6.92 Å². The lowest BCUT2D eigenvalue weighted by molar-refractivity contribution is 0.0690. The normalized spacial score (nSPS) is 15.3. The number of nitrogens with zero attached hydrogens (tertiary/aromatic N) is 6. The van der Waals surface area contributed by atoms with Crippen LogP contribution in [0.3, 0.4) is 0 Å². The van der Waals surface area contributed by atoms with Gasteiger partial charge >= 0.3 is 5.97 Å². The van der Waals surface area contributed by atoms with E-state index in [1.54, 1.807) is 17.1 Å². The van der Waals surface area contributed by atoms with E-state index in [0.29, 0.717) is 0 Å². The molecule has 1 aliphatic heterocycles. The second kappa shape index (κ2) is 4.30. The minimum Gasteiger partial charge on any atom is -0.476 e. The van der Waals surface area contributed by atoms with Crippen molar-refractivity contribution in [2.75, 3.05) is 18.0 Å². The molecule has 1 fully saturated rings. The molecule has 0 atom stereocenters. The first-order valence-corrected chi connectivity index (χ1v) is 5.83. The Morgan fingerprint density at radius 3 is 2.74 bits per heavy atom. The van der Waals surface area contributed by atoms with E-state index in [9.17, 15) is 4.79 Å². The Morgan fingerprint density at radius 2 is 2.11 bits per heavy atom. The van der Waals surface area contributed by atoms with Crippen molar-refractivity contribution < 1.29 is 9.90 Å². The Morgan fingerprint density at radius 1 is 1.37 bits per heavy atom. The molecule has 2 aromatic rings. The predicted molar refractivity (Wildman–Crippen MR) is 65.0 cm³/mol. The quantitative estimate of drug-likeness (QED) is 0.838. The first kappa shape index (κ1) is 11.6. The number of carboxylic acid groups (broad SMARTS) is 1. The van der Waals surface area contributed by atoms with Crippen molar-refractivity contribution in [2.45, 2.75) is 13.0 Å². The molecule has 1 N–H and O–H groups in total. The summed E-state index contributed by atoms with van der Waals surface area (Å²) in [7, 11) is 0. The third-order valence-corrected chi connectivity index (χ3v) is 3.12. The van der Waals surface area contributed by atoms with E-state index in [0.717, 1.165) is 24.6 Å². The Kier molecular flexibility index (Phi) is 2.62. The molecule has 8 heteroatoms. The van der Waals surface area contributed by atoms with Crippen molar-refractivity contribution >= 4 is 11.8 Å². The highest BCUT2D eigenvalue weighted by Crippen LogP contribution is 2.26. The molecule has 8 nitrogen and oxygen atoms in total. The maximum atomic E-state index is 10.7. The maximum Gasteiger partial charge on any atom is 0.358 e. The number of aryl methyl sites for hydroxylation is 1. The number of aromatic carboxylic acids is 1. The fraction of sp³-hybridized carbons (Fsp3) is 0.364. The lowest BCUT2D eigenvalue weighted by Gasteiger charge is -2.40. The number of carboxylic acids is 1. The molecule has 0 radical (unpaired) electrons. The van der Waals surface area contributed by atoms with Gasteiger partial charge in [0.05, 0.1) is 17.9 Å². The summed E-state index contributed by atoms with van der Waals surface area (Å²) in [6, 6.07) is 0.127. The molecule has 0 aromatic carbocycles. The van der Waals surface area contributed by atoms with Gasteiger partial charge in [0.25, 0.3) is 0 Å². The topological polar surface area (TPSA) is 97.0 Å². The molecule has 0 spiro atoms. The van der Waals surface area contributed by atoms with Crippen LogP contribution < -0.4 is 4.90 Å². The average Bonchev–Trinajstić information content (AvgIpc) is 2.79. The lowest BCUT2D eigenvalue weighted by atomic mass is 10.1. The Hall–Kier alpha value is -2.51. The molecule has 1 aliphatic rings. The van der Waals surface area contributed by atoms with E-state index in [-0.39, 0.29) is 11.7 Å². The van der Waals surface area contributed by atoms with Gasteiger partial charge in [-0.15, -0.1) is 5.10 Å². The van der Waals surface area contributed by atoms with Crippen molar-refractivity contribution in [1.82, 2.24) is 25.0 Å². The molecule has 2 aromatic heterocycles. The van der Waals surface area contributed by atoms with E-state index in [2.05, 4.69) is 25.2 Å². The number of anilines is 1. The van der Waals surface area contributed by atoms with E-state index < -0.39 is 5.97 Å². The number of rotatable bonds is 3. The number of hydrogen-bond acceptors (Lipinski definition) is 6. The number of carbonyl (C=O) groups is 1. The van der Waals surface area contributed by atoms with Gasteiger partial charge in [-0.2, -0.15) is 0 Å². The van der Waals surface area contributed by atoms with Gasteiger partial charge in [0.15, 0.2) is 5.69 Å². The minimum absolute atomic E-state index is 0.0332. The van der Waals surface area contributed by atoms with Gasteiger partial charge in [-0.1, -0.05) is 5.21 Å². The van der Waals surface area contributed by atoms with Crippen LogP contribution >= 0.6 is 0 Å². The summed E-state index contributed by atoms with van der Waals surface area (Å²) >= 11 is 0. The van der Waals surface area contributed by atoms with E-state index in [1.165, 1.54) is 6.20 Å². The lowest BCUT2D eigenvalue weighted by Crippen LogP contribution is -2.48. The van der Waals surface area contributed by atoms with E-state index >= 15 is 0 Å². The van der Waals surface area contributed by atoms with Crippen molar-refractivity contribution in [2.24, 2.45) is 0 Å². The summed E-state index contributed by atoms with van der Waals surface area (Å²) in [4.78, 5) is 21.3. The molecular weight excluding hydrogens is 248 g/mol. The van der Waals surface area contributed by atoms with Crippen LogP contribution in [0.2, 0.25) is 0 Å². The second-order valence-electron chi connectivity index (χ2n) is 4.41. The fourth-order valence-electron chi connectivity index (χ4n) is 2.06. The molecule has 19 heavy (non-hydrogen) atoms. The van der Waals surface area contributed by atoms with Crippen LogP contribution in [0.5, 0.6) is 0 Å². The molecule has 0 bridgehead atoms. The van der Waals surface area contributed by atoms with Crippen molar-refractivity contribution in [3.05, 3.63) is 30.0 Å². The van der Waals surface area contributed by atoms with Gasteiger partial charge in [-0.25, -0.2) is 14.5 Å². The smallest absolute Gasteiger partial charge is 0.358 e. The summed E-state index contributed by atoms with van der Waals surface area (Å²) in [6.45, 7) is 3.36. The minimum atomic E-state index is -1.06. The van der Waals surface area contributed by atoms with Gasteiger partial charge in [0.1, 0.15) is 5.82 Å². The van der Waals surface area contributed by atoms with Gasteiger partial charge in [-0.3, -0.25) is 4.98 Å². The Bertz CT molecular complexity index is 619. The van der Waals surface area contributed by atoms with Crippen LogP contribution in [0.4, 0.5) is 5.82 Å². The molecule has 0 aliphatic carbocycles. The first-order valence-electron chi connectivity index (χ1n) is 5.83. The highest BCUT2D eigenvalue weighted by Gasteiger charge is 2.31. The molecule has 0 unspecified atom stereocenters. The number of hydrogen-bond donors (Lipinski definition) is 1. The van der Waals surface area contributed by atoms with E-state index in [4.69, 9.17) is 5.11 Å². The molecular formula is C11H12N6O2. The summed E-state index contributed by atoms with van der Waals surface area (Å²) in [6.07, 6.45) is 4.77. The number of aromatic nitrogens is 5. The fourth-order valence-corrected chi connectivity index (χ4v) is 2.06. The maximum absolute atomic E-state index is 10.7. The predicted octanol–water partition coefficient (Wildman–Crippen LogP) is 0.136. The van der Waals surface area contributed by atoms with Crippen molar-refractivity contribution in [3.63, 3.8) is 0 Å². The molecule has 0 amide bonds. The van der Waals surface area contributed by atoms with Crippen LogP contribution in [0.25, 0.3) is 0 Å². The van der Waals surface area contributed by atoms with Crippen LogP contribution in [0, 0.1) is 6.92 Å². The molecule has 3 heterocycles. The largest absolute Gasteiger partial charge is 0.476 e. The van der Waals surface area contributed by atoms with Crippen molar-refractivity contribution in [3.8, 4) is 0 Å². The molecule has 1 saturated heterocycles. The molecule has 0 saturated carbocycles. The zero-order valence-electron chi connectivity index (χ0n) is 10.3. The molecule has 3 rings (SSSR count). The Balaban J connectivity index is 1.69. The summed E-state index contributed by atoms with van der Waals surface area (Å²) < 4.78 is 1.59. The average molecular weight is 260 g/mol. The highest BCUT2D eigenvalue weighted by atomic mass is 16.4. The SMILES string of the molecule is Cc1nccnc1N1CC(n2cc(C(=O)O)nn2)C1. The van der Waals surface area contributed by atoms with E-state index in [1.807, 2.05) is 6.92 Å². The third kappa shape index (κ3) is 2.01. The zero-order valence-corrected chi connectivity index (χ0v) is 10.3. The standard InChI is InChI=1S/C11H12N6O2/c1-7-10(13-3-2-12-7)16-4-8(5-16)17-6-9(11(18)19)14-15-17/h2-3,6,8H,4-5H2,1H3,(H,18,19). The third-order valence-electron chi connectivity index (χ3n) is 3.12.